The first kappa shape index (κ1) is 25.0. The number of carbonyl (C=O) groups is 1. The standard InChI is InChI=1S/C28H27FN4O3S/c29-21-8-6-18(7-9-21)14-20-15-23-24(31-16-20)26(35-17-19-4-2-1-3-5-19)25(32-27(23)30)28(34)36-22-10-12-33(37)13-11-22/h1-9,15-16,22,37H,10-14,17H2,(H2,30,32). The number of hydrogen-bond acceptors (Lipinski definition) is 8. The fraction of sp³-hybridized carbons (Fsp3) is 0.250. The number of nitrogen functional groups attached to an aromatic ring is 1. The summed E-state index contributed by atoms with van der Waals surface area (Å²) in [4.78, 5) is 22.3. The molecule has 7 nitrogen and oxygen atoms in total. The van der Waals surface area contributed by atoms with E-state index in [2.05, 4.69) is 22.8 Å². The number of nitrogens with zero attached hydrogens (tertiary/aromatic N) is 3. The van der Waals surface area contributed by atoms with Crippen LogP contribution in [0.25, 0.3) is 10.9 Å². The molecular weight excluding hydrogens is 491 g/mol. The van der Waals surface area contributed by atoms with E-state index in [9.17, 15) is 9.18 Å². The van der Waals surface area contributed by atoms with Crippen LogP contribution >= 0.6 is 12.8 Å². The lowest BCUT2D eigenvalue weighted by atomic mass is 10.0. The number of benzene rings is 2. The van der Waals surface area contributed by atoms with Gasteiger partial charge in [0.15, 0.2) is 11.4 Å². The predicted molar refractivity (Wildman–Crippen MR) is 143 cm³/mol. The van der Waals surface area contributed by atoms with Crippen molar-refractivity contribution in [2.24, 2.45) is 0 Å². The Morgan fingerprint density at radius 3 is 2.51 bits per heavy atom. The third-order valence-electron chi connectivity index (χ3n) is 6.32. The number of fused-ring (bicyclic) bond motifs is 1. The molecule has 0 bridgehead atoms. The molecule has 1 aliphatic rings. The van der Waals surface area contributed by atoms with Crippen molar-refractivity contribution in [2.45, 2.75) is 32.0 Å². The molecule has 1 aliphatic heterocycles. The molecule has 0 spiro atoms. The molecule has 1 saturated heterocycles. The van der Waals surface area contributed by atoms with Crippen molar-refractivity contribution in [1.29, 1.82) is 0 Å². The van der Waals surface area contributed by atoms with E-state index in [1.807, 2.05) is 40.7 Å². The van der Waals surface area contributed by atoms with Crippen molar-refractivity contribution in [2.75, 3.05) is 18.8 Å². The molecule has 0 amide bonds. The van der Waals surface area contributed by atoms with Gasteiger partial charge in [-0.3, -0.25) is 9.29 Å². The molecule has 1 fully saturated rings. The Morgan fingerprint density at radius 1 is 1.05 bits per heavy atom. The molecule has 2 aromatic heterocycles. The molecule has 5 rings (SSSR count). The van der Waals surface area contributed by atoms with Crippen LogP contribution in [0.15, 0.2) is 66.9 Å². The van der Waals surface area contributed by atoms with Gasteiger partial charge in [-0.25, -0.2) is 14.2 Å². The highest BCUT2D eigenvalue weighted by molar-refractivity contribution is 7.77. The smallest absolute Gasteiger partial charge is 0.361 e. The molecule has 0 atom stereocenters. The van der Waals surface area contributed by atoms with Gasteiger partial charge in [-0.2, -0.15) is 0 Å². The number of nitrogens with two attached hydrogens (primary N) is 1. The minimum absolute atomic E-state index is 0.00742. The zero-order valence-corrected chi connectivity index (χ0v) is 21.0. The molecule has 0 saturated carbocycles. The molecule has 37 heavy (non-hydrogen) atoms. The zero-order valence-electron chi connectivity index (χ0n) is 20.1. The van der Waals surface area contributed by atoms with Gasteiger partial charge in [-0.15, -0.1) is 0 Å². The Balaban J connectivity index is 1.48. The van der Waals surface area contributed by atoms with Gasteiger partial charge in [0.2, 0.25) is 0 Å². The third-order valence-corrected chi connectivity index (χ3v) is 6.72. The van der Waals surface area contributed by atoms with Gasteiger partial charge in [0.25, 0.3) is 0 Å². The number of anilines is 1. The Labute approximate surface area is 220 Å². The van der Waals surface area contributed by atoms with Crippen LogP contribution in [0, 0.1) is 5.82 Å². The second-order valence-corrected chi connectivity index (χ2v) is 9.62. The highest BCUT2D eigenvalue weighted by Crippen LogP contribution is 2.33. The first-order chi connectivity index (χ1) is 18.0. The van der Waals surface area contributed by atoms with Gasteiger partial charge >= 0.3 is 5.97 Å². The Kier molecular flexibility index (Phi) is 7.52. The van der Waals surface area contributed by atoms with Gasteiger partial charge in [0.1, 0.15) is 29.9 Å². The number of pyridine rings is 2. The second-order valence-electron chi connectivity index (χ2n) is 9.05. The van der Waals surface area contributed by atoms with Crippen LogP contribution in [0.5, 0.6) is 5.75 Å². The van der Waals surface area contributed by atoms with Gasteiger partial charge < -0.3 is 15.2 Å². The van der Waals surface area contributed by atoms with E-state index in [1.165, 1.54) is 12.1 Å². The second kappa shape index (κ2) is 11.1. The summed E-state index contributed by atoms with van der Waals surface area (Å²) in [6, 6.07) is 17.8. The molecule has 2 N–H and O–H groups in total. The topological polar surface area (TPSA) is 90.6 Å². The van der Waals surface area contributed by atoms with Gasteiger partial charge in [0, 0.05) is 24.7 Å². The molecule has 0 unspecified atom stereocenters. The predicted octanol–water partition coefficient (Wildman–Crippen LogP) is 4.99. The summed E-state index contributed by atoms with van der Waals surface area (Å²) in [7, 11) is 0. The largest absolute Gasteiger partial charge is 0.484 e. The third kappa shape index (κ3) is 6.00. The number of carbonyl (C=O) groups excluding carboxylic acids is 1. The van der Waals surface area contributed by atoms with Crippen molar-refractivity contribution >= 4 is 35.5 Å². The van der Waals surface area contributed by atoms with Gasteiger partial charge in [0.05, 0.1) is 0 Å². The van der Waals surface area contributed by atoms with E-state index in [1.54, 1.807) is 18.3 Å². The lowest BCUT2D eigenvalue weighted by Gasteiger charge is -2.27. The Morgan fingerprint density at radius 2 is 1.78 bits per heavy atom. The highest BCUT2D eigenvalue weighted by atomic mass is 32.1. The molecule has 4 aromatic rings. The average Bonchev–Trinajstić information content (AvgIpc) is 2.91. The first-order valence-electron chi connectivity index (χ1n) is 12.1. The number of esters is 1. The summed E-state index contributed by atoms with van der Waals surface area (Å²) in [6.07, 6.45) is 3.38. The normalized spacial score (nSPS) is 14.5. The van der Waals surface area contributed by atoms with Crippen molar-refractivity contribution < 1.29 is 18.7 Å². The fourth-order valence-corrected chi connectivity index (χ4v) is 4.57. The molecule has 9 heteroatoms. The molecule has 3 heterocycles. The molecule has 190 valence electrons. The van der Waals surface area contributed by atoms with Crippen LogP contribution in [-0.2, 0) is 17.8 Å². The minimum Gasteiger partial charge on any atom is -0.484 e. The average molecular weight is 519 g/mol. The molecule has 2 aromatic carbocycles. The SMILES string of the molecule is Nc1nc(C(=O)OC2CCN(S)CC2)c(OCc2ccccc2)c2ncc(Cc3ccc(F)cc3)cc12. The van der Waals surface area contributed by atoms with Crippen LogP contribution in [-0.4, -0.2) is 39.4 Å². The number of hydrogen-bond donors (Lipinski definition) is 2. The maximum atomic E-state index is 13.3. The monoisotopic (exact) mass is 518 g/mol. The van der Waals surface area contributed by atoms with Crippen molar-refractivity contribution in [3.8, 4) is 5.75 Å². The lowest BCUT2D eigenvalue weighted by molar-refractivity contribution is 0.0177. The van der Waals surface area contributed by atoms with E-state index in [-0.39, 0.29) is 35.8 Å². The van der Waals surface area contributed by atoms with Gasteiger partial charge in [-0.05, 0) is 54.2 Å². The fourth-order valence-electron chi connectivity index (χ4n) is 4.33. The van der Waals surface area contributed by atoms with Crippen LogP contribution in [0.3, 0.4) is 0 Å². The molecular formula is C28H27FN4O3S. The number of thiol groups is 1. The molecule has 0 aliphatic carbocycles. The van der Waals surface area contributed by atoms with E-state index in [4.69, 9.17) is 15.2 Å². The number of ether oxygens (including phenoxy) is 2. The highest BCUT2D eigenvalue weighted by Gasteiger charge is 2.27. The van der Waals surface area contributed by atoms with E-state index in [0.717, 1.165) is 29.8 Å². The van der Waals surface area contributed by atoms with Crippen molar-refractivity contribution in [3.05, 3.63) is 95.1 Å². The quantitative estimate of drug-likeness (QED) is 0.263. The summed E-state index contributed by atoms with van der Waals surface area (Å²) in [6.45, 7) is 1.67. The first-order valence-corrected chi connectivity index (χ1v) is 12.5. The Bertz CT molecular complexity index is 1390. The summed E-state index contributed by atoms with van der Waals surface area (Å²) in [5.74, 6) is -0.484. The number of halogens is 1. The summed E-state index contributed by atoms with van der Waals surface area (Å²) in [5, 5.41) is 0.572. The van der Waals surface area contributed by atoms with E-state index in [0.29, 0.717) is 30.2 Å². The van der Waals surface area contributed by atoms with E-state index >= 15 is 0 Å². The van der Waals surface area contributed by atoms with Crippen LogP contribution in [0.1, 0.15) is 40.0 Å². The lowest BCUT2D eigenvalue weighted by Crippen LogP contribution is -2.33. The van der Waals surface area contributed by atoms with Crippen molar-refractivity contribution in [3.63, 3.8) is 0 Å². The number of rotatable bonds is 7. The van der Waals surface area contributed by atoms with Crippen LogP contribution in [0.2, 0.25) is 0 Å². The minimum atomic E-state index is -0.591. The maximum absolute atomic E-state index is 13.3. The Hall–Kier alpha value is -3.69. The van der Waals surface area contributed by atoms with Crippen LogP contribution < -0.4 is 10.5 Å². The summed E-state index contributed by atoms with van der Waals surface area (Å²) >= 11 is 4.36. The number of aromatic nitrogens is 2. The van der Waals surface area contributed by atoms with Gasteiger partial charge in [-0.1, -0.05) is 55.3 Å². The van der Waals surface area contributed by atoms with E-state index < -0.39 is 5.97 Å². The summed E-state index contributed by atoms with van der Waals surface area (Å²) < 4.78 is 27.1. The summed E-state index contributed by atoms with van der Waals surface area (Å²) in [5.41, 5.74) is 9.50. The number of piperidine rings is 1. The zero-order chi connectivity index (χ0) is 25.8. The van der Waals surface area contributed by atoms with Crippen LogP contribution in [0.4, 0.5) is 10.2 Å². The molecule has 0 radical (unpaired) electrons. The van der Waals surface area contributed by atoms with Crippen molar-refractivity contribution in [1.82, 2.24) is 14.3 Å². The maximum Gasteiger partial charge on any atom is 0.361 e.